The van der Waals surface area contributed by atoms with E-state index in [2.05, 4.69) is 0 Å². The number of carbonyl (C=O) groups excluding carboxylic acids is 2. The largest absolute Gasteiger partial charge is 0.335 e. The summed E-state index contributed by atoms with van der Waals surface area (Å²) < 4.78 is 0. The van der Waals surface area contributed by atoms with E-state index in [9.17, 15) is 9.59 Å². The van der Waals surface area contributed by atoms with E-state index >= 15 is 0 Å². The Bertz CT molecular complexity index is 375. The normalized spacial score (nSPS) is 20.1. The molecule has 2 rings (SSSR count). The van der Waals surface area contributed by atoms with Gasteiger partial charge in [0.25, 0.3) is 0 Å². The van der Waals surface area contributed by atoms with Crippen LogP contribution < -0.4 is 0 Å². The standard InChI is InChI=1S/C13H15NO2/c15-9-8-12-6-7-13(16)14(12)10-11-4-2-1-3-5-11/h1-5,9,12H,6-8,10H2/t12-/m0/s1. The van der Waals surface area contributed by atoms with Gasteiger partial charge in [-0.2, -0.15) is 0 Å². The lowest BCUT2D eigenvalue weighted by Gasteiger charge is -2.23. The summed E-state index contributed by atoms with van der Waals surface area (Å²) in [7, 11) is 0. The zero-order valence-electron chi connectivity index (χ0n) is 9.13. The van der Waals surface area contributed by atoms with Crippen molar-refractivity contribution in [1.82, 2.24) is 4.90 Å². The molecule has 1 aliphatic heterocycles. The van der Waals surface area contributed by atoms with Gasteiger partial charge in [-0.25, -0.2) is 0 Å². The van der Waals surface area contributed by atoms with Crippen molar-refractivity contribution in [2.45, 2.75) is 31.8 Å². The second kappa shape index (κ2) is 4.92. The van der Waals surface area contributed by atoms with E-state index in [0.29, 0.717) is 19.4 Å². The summed E-state index contributed by atoms with van der Waals surface area (Å²) in [6.07, 6.45) is 2.75. The zero-order valence-corrected chi connectivity index (χ0v) is 9.13. The molecule has 0 aliphatic carbocycles. The Morgan fingerprint density at radius 2 is 2.06 bits per heavy atom. The van der Waals surface area contributed by atoms with E-state index in [1.54, 1.807) is 0 Å². The molecule has 1 saturated heterocycles. The Labute approximate surface area is 95.1 Å². The van der Waals surface area contributed by atoms with Crippen LogP contribution in [0.2, 0.25) is 0 Å². The molecule has 3 nitrogen and oxygen atoms in total. The number of amides is 1. The van der Waals surface area contributed by atoms with Crippen molar-refractivity contribution in [2.75, 3.05) is 0 Å². The molecule has 1 atom stereocenters. The van der Waals surface area contributed by atoms with Crippen LogP contribution in [0.25, 0.3) is 0 Å². The molecule has 0 saturated carbocycles. The lowest BCUT2D eigenvalue weighted by Crippen LogP contribution is -2.32. The van der Waals surface area contributed by atoms with Crippen LogP contribution >= 0.6 is 0 Å². The van der Waals surface area contributed by atoms with E-state index in [0.717, 1.165) is 18.3 Å². The zero-order chi connectivity index (χ0) is 11.4. The first-order chi connectivity index (χ1) is 7.81. The number of rotatable bonds is 4. The van der Waals surface area contributed by atoms with Gasteiger partial charge < -0.3 is 9.69 Å². The van der Waals surface area contributed by atoms with Crippen molar-refractivity contribution in [1.29, 1.82) is 0 Å². The number of aldehydes is 1. The first kappa shape index (κ1) is 10.9. The molecular formula is C13H15NO2. The number of nitrogens with zero attached hydrogens (tertiary/aromatic N) is 1. The first-order valence-corrected chi connectivity index (χ1v) is 5.58. The third-order valence-corrected chi connectivity index (χ3v) is 3.02. The van der Waals surface area contributed by atoms with Gasteiger partial charge >= 0.3 is 0 Å². The predicted molar refractivity (Wildman–Crippen MR) is 60.7 cm³/mol. The average Bonchev–Trinajstić information content (AvgIpc) is 2.64. The van der Waals surface area contributed by atoms with Gasteiger partial charge in [-0.3, -0.25) is 4.79 Å². The minimum atomic E-state index is 0.102. The van der Waals surface area contributed by atoms with Gasteiger partial charge in [-0.15, -0.1) is 0 Å². The summed E-state index contributed by atoms with van der Waals surface area (Å²) in [5.74, 6) is 0.163. The predicted octanol–water partition coefficient (Wildman–Crippen LogP) is 1.77. The van der Waals surface area contributed by atoms with Gasteiger partial charge in [0.15, 0.2) is 0 Å². The summed E-state index contributed by atoms with van der Waals surface area (Å²) in [6, 6.07) is 9.99. The molecule has 1 heterocycles. The summed E-state index contributed by atoms with van der Waals surface area (Å²) in [4.78, 5) is 24.0. The molecule has 1 aliphatic rings. The SMILES string of the molecule is O=CC[C@@H]1CCC(=O)N1Cc1ccccc1. The Balaban J connectivity index is 2.07. The molecule has 0 spiro atoms. The second-order valence-electron chi connectivity index (χ2n) is 4.10. The number of hydrogen-bond acceptors (Lipinski definition) is 2. The molecule has 0 N–H and O–H groups in total. The average molecular weight is 217 g/mol. The van der Waals surface area contributed by atoms with Crippen LogP contribution in [0, 0.1) is 0 Å². The van der Waals surface area contributed by atoms with Crippen LogP contribution in [0.15, 0.2) is 30.3 Å². The third kappa shape index (κ3) is 2.30. The topological polar surface area (TPSA) is 37.4 Å². The molecule has 0 unspecified atom stereocenters. The van der Waals surface area contributed by atoms with Crippen molar-refractivity contribution in [3.8, 4) is 0 Å². The third-order valence-electron chi connectivity index (χ3n) is 3.02. The molecule has 1 aromatic rings. The van der Waals surface area contributed by atoms with Crippen LogP contribution in [0.5, 0.6) is 0 Å². The molecule has 0 bridgehead atoms. The fourth-order valence-electron chi connectivity index (χ4n) is 2.15. The highest BCUT2D eigenvalue weighted by Gasteiger charge is 2.30. The molecular weight excluding hydrogens is 202 g/mol. The van der Waals surface area contributed by atoms with E-state index in [1.807, 2.05) is 35.2 Å². The fourth-order valence-corrected chi connectivity index (χ4v) is 2.15. The molecule has 84 valence electrons. The van der Waals surface area contributed by atoms with Crippen molar-refractivity contribution in [3.63, 3.8) is 0 Å². The van der Waals surface area contributed by atoms with Gasteiger partial charge in [0.2, 0.25) is 5.91 Å². The first-order valence-electron chi connectivity index (χ1n) is 5.58. The fraction of sp³-hybridized carbons (Fsp3) is 0.385. The minimum Gasteiger partial charge on any atom is -0.335 e. The van der Waals surface area contributed by atoms with Gasteiger partial charge in [-0.05, 0) is 12.0 Å². The van der Waals surface area contributed by atoms with Crippen molar-refractivity contribution >= 4 is 12.2 Å². The molecule has 16 heavy (non-hydrogen) atoms. The maximum absolute atomic E-state index is 11.7. The van der Waals surface area contributed by atoms with Crippen molar-refractivity contribution in [3.05, 3.63) is 35.9 Å². The maximum atomic E-state index is 11.7. The van der Waals surface area contributed by atoms with Crippen LogP contribution in [0.3, 0.4) is 0 Å². The number of benzene rings is 1. The molecule has 1 aromatic carbocycles. The Hall–Kier alpha value is -1.64. The summed E-state index contributed by atoms with van der Waals surface area (Å²) in [6.45, 7) is 0.623. The van der Waals surface area contributed by atoms with Crippen molar-refractivity contribution in [2.24, 2.45) is 0 Å². The number of carbonyl (C=O) groups is 2. The van der Waals surface area contributed by atoms with E-state index < -0.39 is 0 Å². The highest BCUT2D eigenvalue weighted by atomic mass is 16.2. The van der Waals surface area contributed by atoms with Crippen LogP contribution in [-0.4, -0.2) is 23.1 Å². The summed E-state index contributed by atoms with van der Waals surface area (Å²) >= 11 is 0. The highest BCUT2D eigenvalue weighted by molar-refractivity contribution is 5.79. The van der Waals surface area contributed by atoms with Crippen LogP contribution in [-0.2, 0) is 16.1 Å². The van der Waals surface area contributed by atoms with E-state index in [-0.39, 0.29) is 11.9 Å². The van der Waals surface area contributed by atoms with Crippen LogP contribution in [0.4, 0.5) is 0 Å². The quantitative estimate of drug-likeness (QED) is 0.721. The summed E-state index contributed by atoms with van der Waals surface area (Å²) in [5.41, 5.74) is 1.12. The Kier molecular flexibility index (Phi) is 3.34. The molecule has 3 heteroatoms. The smallest absolute Gasteiger partial charge is 0.223 e. The molecule has 0 aromatic heterocycles. The second-order valence-corrected chi connectivity index (χ2v) is 4.10. The van der Waals surface area contributed by atoms with Gasteiger partial charge in [0, 0.05) is 25.4 Å². The number of likely N-dealkylation sites (tertiary alicyclic amines) is 1. The number of hydrogen-bond donors (Lipinski definition) is 0. The lowest BCUT2D eigenvalue weighted by molar-refractivity contribution is -0.129. The Morgan fingerprint density at radius 1 is 1.31 bits per heavy atom. The van der Waals surface area contributed by atoms with E-state index in [1.165, 1.54) is 0 Å². The Morgan fingerprint density at radius 3 is 2.75 bits per heavy atom. The van der Waals surface area contributed by atoms with Gasteiger partial charge in [0.1, 0.15) is 6.29 Å². The lowest BCUT2D eigenvalue weighted by atomic mass is 10.1. The minimum absolute atomic E-state index is 0.102. The van der Waals surface area contributed by atoms with E-state index in [4.69, 9.17) is 0 Å². The summed E-state index contributed by atoms with van der Waals surface area (Å²) in [5, 5.41) is 0. The van der Waals surface area contributed by atoms with Crippen molar-refractivity contribution < 1.29 is 9.59 Å². The van der Waals surface area contributed by atoms with Crippen LogP contribution in [0.1, 0.15) is 24.8 Å². The molecule has 1 amide bonds. The highest BCUT2D eigenvalue weighted by Crippen LogP contribution is 2.22. The monoisotopic (exact) mass is 217 g/mol. The maximum Gasteiger partial charge on any atom is 0.223 e. The van der Waals surface area contributed by atoms with Gasteiger partial charge in [-0.1, -0.05) is 30.3 Å². The molecule has 1 fully saturated rings. The molecule has 0 radical (unpaired) electrons. The van der Waals surface area contributed by atoms with Gasteiger partial charge in [0.05, 0.1) is 0 Å².